The molecule has 2 N–H and O–H groups in total. The van der Waals surface area contributed by atoms with Gasteiger partial charge in [0.25, 0.3) is 5.91 Å². The summed E-state index contributed by atoms with van der Waals surface area (Å²) in [6.07, 6.45) is 5.04. The van der Waals surface area contributed by atoms with Crippen LogP contribution in [0.25, 0.3) is 0 Å². The van der Waals surface area contributed by atoms with Crippen LogP contribution in [-0.4, -0.2) is 32.9 Å². The molecule has 0 unspecified atom stereocenters. The minimum Gasteiger partial charge on any atom is -0.388 e. The van der Waals surface area contributed by atoms with E-state index in [-0.39, 0.29) is 5.91 Å². The van der Waals surface area contributed by atoms with E-state index in [0.29, 0.717) is 17.5 Å². The van der Waals surface area contributed by atoms with Crippen molar-refractivity contribution in [2.75, 3.05) is 6.54 Å². The van der Waals surface area contributed by atoms with Gasteiger partial charge < -0.3 is 10.4 Å². The first-order valence-corrected chi connectivity index (χ1v) is 7.22. The van der Waals surface area contributed by atoms with Crippen molar-refractivity contribution >= 4 is 5.91 Å². The van der Waals surface area contributed by atoms with Crippen LogP contribution in [0.3, 0.4) is 0 Å². The summed E-state index contributed by atoms with van der Waals surface area (Å²) in [5.41, 5.74) is 0.948. The summed E-state index contributed by atoms with van der Waals surface area (Å²) < 4.78 is 1.67. The van der Waals surface area contributed by atoms with Gasteiger partial charge in [0.1, 0.15) is 0 Å². The van der Waals surface area contributed by atoms with Crippen LogP contribution in [0.2, 0.25) is 0 Å². The second-order valence-corrected chi connectivity index (χ2v) is 6.84. The second-order valence-electron chi connectivity index (χ2n) is 6.84. The molecule has 1 aliphatic carbocycles. The van der Waals surface area contributed by atoms with Gasteiger partial charge in [-0.2, -0.15) is 5.10 Å². The number of aryl methyl sites for hydroxylation is 1. The van der Waals surface area contributed by atoms with E-state index in [1.807, 2.05) is 14.0 Å². The Hall–Kier alpha value is -1.36. The van der Waals surface area contributed by atoms with E-state index in [9.17, 15) is 9.90 Å². The Morgan fingerprint density at radius 1 is 1.40 bits per heavy atom. The van der Waals surface area contributed by atoms with Crippen LogP contribution in [0.5, 0.6) is 0 Å². The number of aliphatic hydroxyl groups is 1. The molecule has 0 aromatic carbocycles. The molecule has 0 bridgehead atoms. The quantitative estimate of drug-likeness (QED) is 0.886. The van der Waals surface area contributed by atoms with E-state index in [1.165, 1.54) is 0 Å². The van der Waals surface area contributed by atoms with Gasteiger partial charge in [-0.3, -0.25) is 9.48 Å². The molecule has 0 saturated heterocycles. The molecule has 1 aliphatic rings. The number of aromatic nitrogens is 2. The molecule has 112 valence electrons. The second kappa shape index (κ2) is 5.20. The number of carbonyl (C=O) groups excluding carboxylic acids is 1. The summed E-state index contributed by atoms with van der Waals surface area (Å²) >= 11 is 0. The Labute approximate surface area is 120 Å². The summed E-state index contributed by atoms with van der Waals surface area (Å²) in [6.45, 7) is 6.63. The van der Waals surface area contributed by atoms with Gasteiger partial charge in [0.2, 0.25) is 0 Å². The van der Waals surface area contributed by atoms with E-state index in [0.717, 1.165) is 31.4 Å². The largest absolute Gasteiger partial charge is 0.388 e. The third kappa shape index (κ3) is 3.20. The maximum Gasteiger partial charge on any atom is 0.254 e. The average molecular weight is 279 g/mol. The molecular formula is C15H25N3O2. The van der Waals surface area contributed by atoms with E-state index >= 15 is 0 Å². The van der Waals surface area contributed by atoms with E-state index < -0.39 is 5.60 Å². The molecule has 1 fully saturated rings. The van der Waals surface area contributed by atoms with E-state index in [1.54, 1.807) is 10.9 Å². The van der Waals surface area contributed by atoms with Crippen molar-refractivity contribution in [3.8, 4) is 0 Å². The molecule has 20 heavy (non-hydrogen) atoms. The molecule has 1 aromatic rings. The van der Waals surface area contributed by atoms with E-state index in [2.05, 4.69) is 24.3 Å². The highest BCUT2D eigenvalue weighted by Gasteiger charge is 2.36. The lowest BCUT2D eigenvalue weighted by Gasteiger charge is -2.40. The Bertz CT molecular complexity index is 495. The number of hydrogen-bond donors (Lipinski definition) is 2. The van der Waals surface area contributed by atoms with Crippen LogP contribution in [0, 0.1) is 12.3 Å². The summed E-state index contributed by atoms with van der Waals surface area (Å²) in [5, 5.41) is 17.4. The fourth-order valence-corrected chi connectivity index (χ4v) is 2.63. The van der Waals surface area contributed by atoms with Crippen molar-refractivity contribution < 1.29 is 9.90 Å². The summed E-state index contributed by atoms with van der Waals surface area (Å²) in [5.74, 6) is -0.158. The van der Waals surface area contributed by atoms with Crippen molar-refractivity contribution in [3.63, 3.8) is 0 Å². The van der Waals surface area contributed by atoms with Crippen LogP contribution in [0.1, 0.15) is 55.6 Å². The Morgan fingerprint density at radius 3 is 2.50 bits per heavy atom. The molecule has 2 rings (SSSR count). The van der Waals surface area contributed by atoms with Crippen LogP contribution in [0.4, 0.5) is 0 Å². The Morgan fingerprint density at radius 2 is 2.00 bits per heavy atom. The topological polar surface area (TPSA) is 67.2 Å². The number of nitrogens with one attached hydrogen (secondary N) is 1. The molecule has 1 heterocycles. The zero-order chi connectivity index (χ0) is 15.0. The predicted octanol–water partition coefficient (Wildman–Crippen LogP) is 1.79. The number of nitrogens with zero attached hydrogens (tertiary/aromatic N) is 2. The SMILES string of the molecule is Cc1c(C(=O)NCC2(O)CCC(C)(C)CC2)cnn1C. The number of carbonyl (C=O) groups is 1. The molecular weight excluding hydrogens is 254 g/mol. The number of rotatable bonds is 3. The van der Waals surface area contributed by atoms with Crippen molar-refractivity contribution in [2.45, 2.75) is 52.1 Å². The maximum atomic E-state index is 12.1. The highest BCUT2D eigenvalue weighted by molar-refractivity contribution is 5.95. The normalized spacial score (nSPS) is 20.6. The monoisotopic (exact) mass is 279 g/mol. The first kappa shape index (κ1) is 15.0. The fourth-order valence-electron chi connectivity index (χ4n) is 2.63. The number of hydrogen-bond acceptors (Lipinski definition) is 3. The van der Waals surface area contributed by atoms with Crippen LogP contribution in [-0.2, 0) is 7.05 Å². The molecule has 0 spiro atoms. The van der Waals surface area contributed by atoms with Crippen molar-refractivity contribution in [1.29, 1.82) is 0 Å². The predicted molar refractivity (Wildman–Crippen MR) is 77.5 cm³/mol. The van der Waals surface area contributed by atoms with E-state index in [4.69, 9.17) is 0 Å². The molecule has 0 radical (unpaired) electrons. The molecule has 1 saturated carbocycles. The van der Waals surface area contributed by atoms with Gasteiger partial charge in [-0.25, -0.2) is 0 Å². The summed E-state index contributed by atoms with van der Waals surface area (Å²) in [6, 6.07) is 0. The lowest BCUT2D eigenvalue weighted by molar-refractivity contribution is -0.0233. The number of amides is 1. The van der Waals surface area contributed by atoms with Crippen molar-refractivity contribution in [1.82, 2.24) is 15.1 Å². The summed E-state index contributed by atoms with van der Waals surface area (Å²) in [7, 11) is 1.81. The van der Waals surface area contributed by atoms with Gasteiger partial charge in [-0.1, -0.05) is 13.8 Å². The summed E-state index contributed by atoms with van der Waals surface area (Å²) in [4.78, 5) is 12.1. The minimum absolute atomic E-state index is 0.158. The van der Waals surface area contributed by atoms with Gasteiger partial charge in [0, 0.05) is 19.3 Å². The van der Waals surface area contributed by atoms with Crippen LogP contribution >= 0.6 is 0 Å². The van der Waals surface area contributed by atoms with Crippen LogP contribution < -0.4 is 5.32 Å². The van der Waals surface area contributed by atoms with Crippen molar-refractivity contribution in [2.24, 2.45) is 12.5 Å². The first-order valence-electron chi connectivity index (χ1n) is 7.22. The lowest BCUT2D eigenvalue weighted by atomic mass is 9.71. The van der Waals surface area contributed by atoms with Crippen molar-refractivity contribution in [3.05, 3.63) is 17.5 Å². The molecule has 0 aliphatic heterocycles. The smallest absolute Gasteiger partial charge is 0.254 e. The van der Waals surface area contributed by atoms with Gasteiger partial charge in [-0.15, -0.1) is 0 Å². The first-order chi connectivity index (χ1) is 9.22. The zero-order valence-corrected chi connectivity index (χ0v) is 12.9. The third-order valence-corrected chi connectivity index (χ3v) is 4.59. The molecule has 5 nitrogen and oxygen atoms in total. The average Bonchev–Trinajstić information content (AvgIpc) is 2.72. The van der Waals surface area contributed by atoms with Gasteiger partial charge in [-0.05, 0) is 38.0 Å². The zero-order valence-electron chi connectivity index (χ0n) is 12.9. The molecule has 1 aromatic heterocycles. The minimum atomic E-state index is -0.763. The highest BCUT2D eigenvalue weighted by atomic mass is 16.3. The third-order valence-electron chi connectivity index (χ3n) is 4.59. The Kier molecular flexibility index (Phi) is 3.91. The molecule has 5 heteroatoms. The Balaban J connectivity index is 1.92. The standard InChI is InChI=1S/C15H25N3O2/c1-11-12(9-17-18(11)4)13(19)16-10-15(20)7-5-14(2,3)6-8-15/h9,20H,5-8,10H2,1-4H3,(H,16,19). The van der Waals surface area contributed by atoms with Crippen LogP contribution in [0.15, 0.2) is 6.20 Å². The molecule has 0 atom stereocenters. The fraction of sp³-hybridized carbons (Fsp3) is 0.733. The van der Waals surface area contributed by atoms with Gasteiger partial charge >= 0.3 is 0 Å². The highest BCUT2D eigenvalue weighted by Crippen LogP contribution is 2.39. The maximum absolute atomic E-state index is 12.1. The van der Waals surface area contributed by atoms with Gasteiger partial charge in [0.05, 0.1) is 17.4 Å². The van der Waals surface area contributed by atoms with Gasteiger partial charge in [0.15, 0.2) is 0 Å². The lowest BCUT2D eigenvalue weighted by Crippen LogP contribution is -2.46. The molecule has 1 amide bonds.